The van der Waals surface area contributed by atoms with Crippen LogP contribution in [0.3, 0.4) is 0 Å². The number of unbranched alkanes of at least 4 members (excludes halogenated alkanes) is 1. The number of nitrogens with one attached hydrogen (secondary N) is 1. The summed E-state index contributed by atoms with van der Waals surface area (Å²) < 4.78 is 5.08. The number of hydrogen-bond donors (Lipinski definition) is 1. The maximum absolute atomic E-state index is 10.9. The standard InChI is InChI=1S/C15H25N3O3/c1-12(2)17(3)8-6-5-7-16-13-9-14(18(19)20)11-15(10-13)21-4/h9-12,16H,5-8H2,1-4H3. The molecule has 0 amide bonds. The molecule has 0 saturated heterocycles. The van der Waals surface area contributed by atoms with Crippen LogP contribution in [0.1, 0.15) is 26.7 Å². The zero-order valence-electron chi connectivity index (χ0n) is 13.3. The van der Waals surface area contributed by atoms with E-state index in [4.69, 9.17) is 4.74 Å². The molecule has 0 aromatic heterocycles. The molecule has 0 atom stereocenters. The Bertz CT molecular complexity index is 463. The summed E-state index contributed by atoms with van der Waals surface area (Å²) in [6.45, 7) is 6.19. The van der Waals surface area contributed by atoms with Crippen molar-refractivity contribution in [3.05, 3.63) is 28.3 Å². The van der Waals surface area contributed by atoms with Crippen molar-refractivity contribution >= 4 is 11.4 Å². The van der Waals surface area contributed by atoms with E-state index in [-0.39, 0.29) is 5.69 Å². The van der Waals surface area contributed by atoms with E-state index in [2.05, 4.69) is 31.1 Å². The minimum absolute atomic E-state index is 0.0383. The minimum atomic E-state index is -0.411. The van der Waals surface area contributed by atoms with Crippen molar-refractivity contribution in [3.8, 4) is 5.75 Å². The van der Waals surface area contributed by atoms with Gasteiger partial charge >= 0.3 is 0 Å². The smallest absolute Gasteiger partial charge is 0.275 e. The van der Waals surface area contributed by atoms with Crippen molar-refractivity contribution in [2.24, 2.45) is 0 Å². The molecule has 21 heavy (non-hydrogen) atoms. The molecule has 0 aliphatic heterocycles. The molecular formula is C15H25N3O3. The predicted molar refractivity (Wildman–Crippen MR) is 85.1 cm³/mol. The van der Waals surface area contributed by atoms with Crippen LogP contribution >= 0.6 is 0 Å². The van der Waals surface area contributed by atoms with Gasteiger partial charge in [0.1, 0.15) is 5.75 Å². The highest BCUT2D eigenvalue weighted by Crippen LogP contribution is 2.25. The Balaban J connectivity index is 2.44. The van der Waals surface area contributed by atoms with Gasteiger partial charge in [-0.05, 0) is 40.3 Å². The molecule has 0 aliphatic rings. The van der Waals surface area contributed by atoms with Gasteiger partial charge in [0, 0.05) is 30.4 Å². The largest absolute Gasteiger partial charge is 0.496 e. The van der Waals surface area contributed by atoms with Gasteiger partial charge in [-0.1, -0.05) is 0 Å². The first kappa shape index (κ1) is 17.2. The Morgan fingerprint density at radius 2 is 2.05 bits per heavy atom. The predicted octanol–water partition coefficient (Wildman–Crippen LogP) is 3.14. The maximum atomic E-state index is 10.9. The molecule has 0 heterocycles. The molecule has 6 nitrogen and oxygen atoms in total. The summed E-state index contributed by atoms with van der Waals surface area (Å²) in [4.78, 5) is 12.7. The topological polar surface area (TPSA) is 67.6 Å². The third-order valence-electron chi connectivity index (χ3n) is 3.49. The van der Waals surface area contributed by atoms with Crippen molar-refractivity contribution in [1.82, 2.24) is 4.90 Å². The fourth-order valence-electron chi connectivity index (χ4n) is 1.89. The van der Waals surface area contributed by atoms with E-state index in [1.54, 1.807) is 6.07 Å². The zero-order chi connectivity index (χ0) is 15.8. The average Bonchev–Trinajstić information content (AvgIpc) is 2.46. The van der Waals surface area contributed by atoms with E-state index in [9.17, 15) is 10.1 Å². The number of anilines is 1. The first-order valence-corrected chi connectivity index (χ1v) is 7.21. The number of nitro benzene ring substituents is 1. The van der Waals surface area contributed by atoms with Crippen LogP contribution in [0.15, 0.2) is 18.2 Å². The Morgan fingerprint density at radius 1 is 1.33 bits per heavy atom. The lowest BCUT2D eigenvalue weighted by molar-refractivity contribution is -0.384. The van der Waals surface area contributed by atoms with Gasteiger partial charge in [-0.15, -0.1) is 0 Å². The molecule has 0 unspecified atom stereocenters. The van der Waals surface area contributed by atoms with Gasteiger partial charge in [0.2, 0.25) is 0 Å². The first-order valence-electron chi connectivity index (χ1n) is 7.21. The summed E-state index contributed by atoms with van der Waals surface area (Å²) in [6.07, 6.45) is 2.11. The van der Waals surface area contributed by atoms with Crippen LogP contribution < -0.4 is 10.1 Å². The van der Waals surface area contributed by atoms with Crippen LogP contribution in [0.4, 0.5) is 11.4 Å². The van der Waals surface area contributed by atoms with Gasteiger partial charge in [-0.2, -0.15) is 0 Å². The number of non-ortho nitro benzene ring substituents is 1. The van der Waals surface area contributed by atoms with Crippen molar-refractivity contribution in [2.45, 2.75) is 32.7 Å². The Labute approximate surface area is 126 Å². The van der Waals surface area contributed by atoms with Crippen molar-refractivity contribution in [2.75, 3.05) is 32.6 Å². The SMILES string of the molecule is COc1cc(NCCCCN(C)C(C)C)cc([N+](=O)[O-])c1. The molecule has 0 fully saturated rings. The molecule has 0 radical (unpaired) electrons. The summed E-state index contributed by atoms with van der Waals surface area (Å²) in [6, 6.07) is 5.28. The third-order valence-corrected chi connectivity index (χ3v) is 3.49. The Kier molecular flexibility index (Phi) is 6.94. The van der Waals surface area contributed by atoms with Crippen molar-refractivity contribution in [1.29, 1.82) is 0 Å². The van der Waals surface area contributed by atoms with Gasteiger partial charge in [-0.3, -0.25) is 10.1 Å². The summed E-state index contributed by atoms with van der Waals surface area (Å²) in [5.41, 5.74) is 0.759. The van der Waals surface area contributed by atoms with E-state index in [1.165, 1.54) is 19.2 Å². The number of rotatable bonds is 9. The molecule has 0 aliphatic carbocycles. The van der Waals surface area contributed by atoms with Crippen LogP contribution in [-0.4, -0.2) is 43.1 Å². The lowest BCUT2D eigenvalue weighted by Crippen LogP contribution is -2.27. The van der Waals surface area contributed by atoms with E-state index < -0.39 is 4.92 Å². The normalized spacial score (nSPS) is 11.0. The molecule has 1 aromatic carbocycles. The maximum Gasteiger partial charge on any atom is 0.275 e. The number of hydrogen-bond acceptors (Lipinski definition) is 5. The fraction of sp³-hybridized carbons (Fsp3) is 0.600. The average molecular weight is 295 g/mol. The summed E-state index contributed by atoms with van der Waals surface area (Å²) in [5, 5.41) is 14.1. The molecule has 1 aromatic rings. The van der Waals surface area contributed by atoms with Crippen LogP contribution in [0, 0.1) is 10.1 Å². The van der Waals surface area contributed by atoms with E-state index in [0.717, 1.165) is 31.6 Å². The van der Waals surface area contributed by atoms with Gasteiger partial charge in [0.25, 0.3) is 5.69 Å². The quantitative estimate of drug-likeness (QED) is 0.430. The number of ether oxygens (including phenoxy) is 1. The van der Waals surface area contributed by atoms with Gasteiger partial charge in [0.05, 0.1) is 18.1 Å². The van der Waals surface area contributed by atoms with E-state index in [1.807, 2.05) is 0 Å². The fourth-order valence-corrected chi connectivity index (χ4v) is 1.89. The minimum Gasteiger partial charge on any atom is -0.496 e. The monoisotopic (exact) mass is 295 g/mol. The van der Waals surface area contributed by atoms with Crippen LogP contribution in [-0.2, 0) is 0 Å². The Morgan fingerprint density at radius 3 is 2.62 bits per heavy atom. The summed E-state index contributed by atoms with van der Waals surface area (Å²) in [5.74, 6) is 0.492. The number of benzene rings is 1. The van der Waals surface area contributed by atoms with Gasteiger partial charge < -0.3 is 15.0 Å². The van der Waals surface area contributed by atoms with Crippen LogP contribution in [0.25, 0.3) is 0 Å². The van der Waals surface area contributed by atoms with Crippen LogP contribution in [0.2, 0.25) is 0 Å². The molecule has 0 bridgehead atoms. The number of nitrogens with zero attached hydrogens (tertiary/aromatic N) is 2. The number of methoxy groups -OCH3 is 1. The highest BCUT2D eigenvalue weighted by atomic mass is 16.6. The highest BCUT2D eigenvalue weighted by molar-refractivity contribution is 5.56. The second-order valence-corrected chi connectivity index (χ2v) is 5.39. The second kappa shape index (κ2) is 8.46. The molecule has 0 spiro atoms. The molecule has 0 saturated carbocycles. The molecule has 1 N–H and O–H groups in total. The van der Waals surface area contributed by atoms with Crippen LogP contribution in [0.5, 0.6) is 5.75 Å². The lowest BCUT2D eigenvalue weighted by Gasteiger charge is -2.20. The first-order chi connectivity index (χ1) is 9.93. The van der Waals surface area contributed by atoms with E-state index >= 15 is 0 Å². The van der Waals surface area contributed by atoms with E-state index in [0.29, 0.717) is 11.8 Å². The van der Waals surface area contributed by atoms with Gasteiger partial charge in [0.15, 0.2) is 0 Å². The molecular weight excluding hydrogens is 270 g/mol. The zero-order valence-corrected chi connectivity index (χ0v) is 13.3. The Hall–Kier alpha value is -1.82. The highest BCUT2D eigenvalue weighted by Gasteiger charge is 2.10. The summed E-state index contributed by atoms with van der Waals surface area (Å²) in [7, 11) is 3.62. The molecule has 118 valence electrons. The third kappa shape index (κ3) is 5.99. The van der Waals surface area contributed by atoms with Gasteiger partial charge in [-0.25, -0.2) is 0 Å². The van der Waals surface area contributed by atoms with Crippen molar-refractivity contribution in [3.63, 3.8) is 0 Å². The van der Waals surface area contributed by atoms with Crippen molar-refractivity contribution < 1.29 is 9.66 Å². The lowest BCUT2D eigenvalue weighted by atomic mass is 10.2. The number of nitro groups is 1. The second-order valence-electron chi connectivity index (χ2n) is 5.39. The molecule has 6 heteroatoms. The molecule has 1 rings (SSSR count). The summed E-state index contributed by atoms with van der Waals surface area (Å²) >= 11 is 0.